The molecule has 0 aromatic heterocycles. The molecular weight excluding hydrogens is 210 g/mol. The maximum absolute atomic E-state index is 5.61. The van der Waals surface area contributed by atoms with Crippen LogP contribution in [0.1, 0.15) is 55.3 Å². The van der Waals surface area contributed by atoms with Crippen molar-refractivity contribution in [3.8, 4) is 5.75 Å². The minimum absolute atomic E-state index is 0.502. The van der Waals surface area contributed by atoms with Gasteiger partial charge in [0.2, 0.25) is 0 Å². The molecule has 1 saturated heterocycles. The summed E-state index contributed by atoms with van der Waals surface area (Å²) in [6.45, 7) is 7.75. The van der Waals surface area contributed by atoms with Crippen LogP contribution >= 0.6 is 0 Å². The Hall–Kier alpha value is -1.02. The van der Waals surface area contributed by atoms with Crippen molar-refractivity contribution in [2.45, 2.75) is 45.6 Å². The van der Waals surface area contributed by atoms with Crippen LogP contribution in [0.4, 0.5) is 0 Å². The SMILES string of the molecule is COc1c(C)ccc(C2CCCN2)c1C(C)C. The minimum Gasteiger partial charge on any atom is -0.496 e. The Labute approximate surface area is 104 Å². The van der Waals surface area contributed by atoms with E-state index in [2.05, 4.69) is 38.2 Å². The highest BCUT2D eigenvalue weighted by atomic mass is 16.5. The summed E-state index contributed by atoms with van der Waals surface area (Å²) < 4.78 is 5.61. The van der Waals surface area contributed by atoms with Gasteiger partial charge in [-0.2, -0.15) is 0 Å². The molecule has 1 N–H and O–H groups in total. The normalized spacial score (nSPS) is 19.9. The van der Waals surface area contributed by atoms with Crippen LogP contribution < -0.4 is 10.1 Å². The molecule has 1 unspecified atom stereocenters. The molecule has 0 aliphatic carbocycles. The number of hydrogen-bond donors (Lipinski definition) is 1. The van der Waals surface area contributed by atoms with E-state index in [0.717, 1.165) is 12.3 Å². The Balaban J connectivity index is 2.50. The smallest absolute Gasteiger partial charge is 0.125 e. The van der Waals surface area contributed by atoms with Crippen molar-refractivity contribution in [1.82, 2.24) is 5.32 Å². The third-order valence-electron chi connectivity index (χ3n) is 3.64. The number of benzene rings is 1. The first-order chi connectivity index (χ1) is 8.15. The number of rotatable bonds is 3. The lowest BCUT2D eigenvalue weighted by molar-refractivity contribution is 0.402. The molecule has 1 heterocycles. The van der Waals surface area contributed by atoms with Crippen molar-refractivity contribution in [3.05, 3.63) is 28.8 Å². The largest absolute Gasteiger partial charge is 0.496 e. The maximum atomic E-state index is 5.61. The average molecular weight is 233 g/mol. The zero-order chi connectivity index (χ0) is 12.4. The van der Waals surface area contributed by atoms with Gasteiger partial charge in [-0.25, -0.2) is 0 Å². The lowest BCUT2D eigenvalue weighted by Crippen LogP contribution is -2.16. The van der Waals surface area contributed by atoms with E-state index in [4.69, 9.17) is 4.74 Å². The zero-order valence-corrected chi connectivity index (χ0v) is 11.3. The van der Waals surface area contributed by atoms with Gasteiger partial charge < -0.3 is 10.1 Å². The highest BCUT2D eigenvalue weighted by Crippen LogP contribution is 2.38. The lowest BCUT2D eigenvalue weighted by atomic mass is 9.89. The first kappa shape index (κ1) is 12.4. The highest BCUT2D eigenvalue weighted by molar-refractivity contribution is 5.49. The molecule has 1 aliphatic heterocycles. The summed E-state index contributed by atoms with van der Waals surface area (Å²) >= 11 is 0. The van der Waals surface area contributed by atoms with Gasteiger partial charge in [0.1, 0.15) is 5.75 Å². The van der Waals surface area contributed by atoms with Crippen LogP contribution in [0, 0.1) is 6.92 Å². The monoisotopic (exact) mass is 233 g/mol. The second-order valence-electron chi connectivity index (χ2n) is 5.22. The number of methoxy groups -OCH3 is 1. The van der Waals surface area contributed by atoms with Crippen molar-refractivity contribution < 1.29 is 4.74 Å². The zero-order valence-electron chi connectivity index (χ0n) is 11.3. The summed E-state index contributed by atoms with van der Waals surface area (Å²) in [6, 6.07) is 4.97. The molecule has 1 aromatic rings. The Bertz CT molecular complexity index is 392. The Morgan fingerprint density at radius 2 is 2.12 bits per heavy atom. The molecule has 0 spiro atoms. The summed E-state index contributed by atoms with van der Waals surface area (Å²) in [6.07, 6.45) is 2.52. The van der Waals surface area contributed by atoms with Crippen LogP contribution in [0.15, 0.2) is 12.1 Å². The summed E-state index contributed by atoms with van der Waals surface area (Å²) in [7, 11) is 1.78. The maximum Gasteiger partial charge on any atom is 0.125 e. The summed E-state index contributed by atoms with van der Waals surface area (Å²) in [4.78, 5) is 0. The quantitative estimate of drug-likeness (QED) is 0.862. The van der Waals surface area contributed by atoms with Crippen molar-refractivity contribution in [1.29, 1.82) is 0 Å². The topological polar surface area (TPSA) is 21.3 Å². The van der Waals surface area contributed by atoms with E-state index < -0.39 is 0 Å². The second kappa shape index (κ2) is 5.09. The number of hydrogen-bond acceptors (Lipinski definition) is 2. The Morgan fingerprint density at radius 1 is 1.35 bits per heavy atom. The molecule has 0 saturated carbocycles. The molecule has 1 aromatic carbocycles. The standard InChI is InChI=1S/C15H23NO/c1-10(2)14-12(13-6-5-9-16-13)8-7-11(3)15(14)17-4/h7-8,10,13,16H,5-6,9H2,1-4H3. The van der Waals surface area contributed by atoms with Crippen LogP contribution in [0.3, 0.4) is 0 Å². The summed E-state index contributed by atoms with van der Waals surface area (Å²) in [5.41, 5.74) is 4.05. The van der Waals surface area contributed by atoms with Gasteiger partial charge in [0.15, 0.2) is 0 Å². The van der Waals surface area contributed by atoms with Gasteiger partial charge >= 0.3 is 0 Å². The average Bonchev–Trinajstić information content (AvgIpc) is 2.81. The molecule has 2 rings (SSSR count). The number of ether oxygens (including phenoxy) is 1. The highest BCUT2D eigenvalue weighted by Gasteiger charge is 2.23. The third kappa shape index (κ3) is 2.32. The minimum atomic E-state index is 0.502. The molecule has 0 radical (unpaired) electrons. The fraction of sp³-hybridized carbons (Fsp3) is 0.600. The number of nitrogens with one attached hydrogen (secondary N) is 1. The molecule has 2 nitrogen and oxygen atoms in total. The molecule has 2 heteroatoms. The van der Waals surface area contributed by atoms with Crippen LogP contribution in [-0.4, -0.2) is 13.7 Å². The van der Waals surface area contributed by atoms with E-state index in [9.17, 15) is 0 Å². The van der Waals surface area contributed by atoms with Crippen molar-refractivity contribution in [3.63, 3.8) is 0 Å². The van der Waals surface area contributed by atoms with Gasteiger partial charge in [-0.15, -0.1) is 0 Å². The molecular formula is C15H23NO. The molecule has 1 aliphatic rings. The molecule has 0 amide bonds. The third-order valence-corrected chi connectivity index (χ3v) is 3.64. The second-order valence-corrected chi connectivity index (χ2v) is 5.22. The van der Waals surface area contributed by atoms with Crippen LogP contribution in [0.25, 0.3) is 0 Å². The summed E-state index contributed by atoms with van der Waals surface area (Å²) in [5, 5.41) is 3.58. The molecule has 0 bridgehead atoms. The van der Waals surface area contributed by atoms with Crippen LogP contribution in [-0.2, 0) is 0 Å². The molecule has 17 heavy (non-hydrogen) atoms. The van der Waals surface area contributed by atoms with Crippen molar-refractivity contribution >= 4 is 0 Å². The van der Waals surface area contributed by atoms with Gasteiger partial charge in [0.05, 0.1) is 7.11 Å². The van der Waals surface area contributed by atoms with Gasteiger partial charge in [0, 0.05) is 11.6 Å². The van der Waals surface area contributed by atoms with Crippen molar-refractivity contribution in [2.24, 2.45) is 0 Å². The van der Waals surface area contributed by atoms with E-state index in [0.29, 0.717) is 12.0 Å². The Kier molecular flexibility index (Phi) is 3.72. The van der Waals surface area contributed by atoms with Gasteiger partial charge in [0.25, 0.3) is 0 Å². The number of aryl methyl sites for hydroxylation is 1. The predicted molar refractivity (Wildman–Crippen MR) is 71.8 cm³/mol. The fourth-order valence-electron chi connectivity index (χ4n) is 2.84. The molecule has 1 fully saturated rings. The van der Waals surface area contributed by atoms with Crippen LogP contribution in [0.5, 0.6) is 5.75 Å². The van der Waals surface area contributed by atoms with E-state index >= 15 is 0 Å². The first-order valence-corrected chi connectivity index (χ1v) is 6.56. The van der Waals surface area contributed by atoms with E-state index in [1.165, 1.54) is 29.5 Å². The lowest BCUT2D eigenvalue weighted by Gasteiger charge is -2.22. The van der Waals surface area contributed by atoms with E-state index in [-0.39, 0.29) is 0 Å². The fourth-order valence-corrected chi connectivity index (χ4v) is 2.84. The van der Waals surface area contributed by atoms with Crippen LogP contribution in [0.2, 0.25) is 0 Å². The predicted octanol–water partition coefficient (Wildman–Crippen LogP) is 3.55. The van der Waals surface area contributed by atoms with Gasteiger partial charge in [-0.05, 0) is 43.4 Å². The molecule has 1 atom stereocenters. The van der Waals surface area contributed by atoms with Gasteiger partial charge in [-0.3, -0.25) is 0 Å². The molecule has 94 valence electrons. The Morgan fingerprint density at radius 3 is 2.65 bits per heavy atom. The first-order valence-electron chi connectivity index (χ1n) is 6.56. The van der Waals surface area contributed by atoms with Crippen molar-refractivity contribution in [2.75, 3.05) is 13.7 Å². The van der Waals surface area contributed by atoms with E-state index in [1.54, 1.807) is 7.11 Å². The van der Waals surface area contributed by atoms with Gasteiger partial charge in [-0.1, -0.05) is 26.0 Å². The van der Waals surface area contributed by atoms with E-state index in [1.807, 2.05) is 0 Å². The summed E-state index contributed by atoms with van der Waals surface area (Å²) in [5.74, 6) is 1.58.